The lowest BCUT2D eigenvalue weighted by molar-refractivity contribution is -0.207. The minimum absolute atomic E-state index is 0.210. The largest absolute Gasteiger partial charge is 0.462 e. The van der Waals surface area contributed by atoms with Crippen LogP contribution in [0.1, 0.15) is 61.7 Å². The molecule has 0 N–H and O–H groups in total. The molecule has 0 spiro atoms. The standard InChI is InChI=1S/C18H25FO4/c1-3-5-9-21-17(20)14-7-8-15(16(19)10-14)18-22-11-13(6-4-2)12-23-18/h7-8,10,13,18H,3-6,9,11-12H2,1-2H3. The zero-order valence-electron chi connectivity index (χ0n) is 13.8. The normalized spacial score (nSPS) is 21.2. The van der Waals surface area contributed by atoms with Crippen molar-refractivity contribution < 1.29 is 23.4 Å². The number of hydrogen-bond acceptors (Lipinski definition) is 4. The van der Waals surface area contributed by atoms with Gasteiger partial charge in [-0.15, -0.1) is 0 Å². The smallest absolute Gasteiger partial charge is 0.338 e. The number of halogens is 1. The predicted molar refractivity (Wildman–Crippen MR) is 84.6 cm³/mol. The van der Waals surface area contributed by atoms with E-state index in [4.69, 9.17) is 14.2 Å². The Labute approximate surface area is 136 Å². The zero-order chi connectivity index (χ0) is 16.7. The third kappa shape index (κ3) is 5.01. The average molecular weight is 324 g/mol. The molecular formula is C18H25FO4. The quantitative estimate of drug-likeness (QED) is 0.556. The maximum absolute atomic E-state index is 14.3. The third-order valence-electron chi connectivity index (χ3n) is 3.88. The lowest BCUT2D eigenvalue weighted by Gasteiger charge is -2.29. The molecule has 0 unspecified atom stereocenters. The molecule has 1 saturated heterocycles. The van der Waals surface area contributed by atoms with Crippen LogP contribution in [0.2, 0.25) is 0 Å². The van der Waals surface area contributed by atoms with Crippen LogP contribution < -0.4 is 0 Å². The number of unbranched alkanes of at least 4 members (excludes halogenated alkanes) is 1. The Morgan fingerprint density at radius 1 is 1.26 bits per heavy atom. The van der Waals surface area contributed by atoms with Gasteiger partial charge in [0, 0.05) is 11.5 Å². The summed E-state index contributed by atoms with van der Waals surface area (Å²) in [5.74, 6) is -0.640. The molecule has 0 atom stereocenters. The molecule has 0 amide bonds. The highest BCUT2D eigenvalue weighted by Crippen LogP contribution is 2.29. The van der Waals surface area contributed by atoms with E-state index >= 15 is 0 Å². The van der Waals surface area contributed by atoms with Crippen molar-refractivity contribution in [3.63, 3.8) is 0 Å². The molecule has 1 aromatic rings. The molecule has 1 aromatic carbocycles. The van der Waals surface area contributed by atoms with E-state index in [1.165, 1.54) is 12.1 Å². The van der Waals surface area contributed by atoms with Crippen molar-refractivity contribution in [1.82, 2.24) is 0 Å². The molecule has 128 valence electrons. The molecule has 5 heteroatoms. The maximum Gasteiger partial charge on any atom is 0.338 e. The van der Waals surface area contributed by atoms with Crippen LogP contribution in [-0.4, -0.2) is 25.8 Å². The highest BCUT2D eigenvalue weighted by molar-refractivity contribution is 5.89. The van der Waals surface area contributed by atoms with Gasteiger partial charge in [-0.25, -0.2) is 9.18 Å². The van der Waals surface area contributed by atoms with Gasteiger partial charge in [0.25, 0.3) is 0 Å². The predicted octanol–water partition coefficient (Wildman–Crippen LogP) is 4.24. The number of rotatable bonds is 7. The number of hydrogen-bond donors (Lipinski definition) is 0. The van der Waals surface area contributed by atoms with Crippen molar-refractivity contribution in [2.75, 3.05) is 19.8 Å². The molecule has 0 radical (unpaired) electrons. The van der Waals surface area contributed by atoms with Gasteiger partial charge in [-0.1, -0.05) is 32.8 Å². The second kappa shape index (κ2) is 8.99. The molecular weight excluding hydrogens is 299 g/mol. The highest BCUT2D eigenvalue weighted by Gasteiger charge is 2.25. The van der Waals surface area contributed by atoms with Crippen molar-refractivity contribution in [1.29, 1.82) is 0 Å². The second-order valence-corrected chi connectivity index (χ2v) is 5.88. The summed E-state index contributed by atoms with van der Waals surface area (Å²) in [4.78, 5) is 11.8. The topological polar surface area (TPSA) is 44.8 Å². The van der Waals surface area contributed by atoms with E-state index in [0.29, 0.717) is 31.3 Å². The first-order valence-electron chi connectivity index (χ1n) is 8.35. The molecule has 0 saturated carbocycles. The van der Waals surface area contributed by atoms with Crippen LogP contribution in [-0.2, 0) is 14.2 Å². The lowest BCUT2D eigenvalue weighted by Crippen LogP contribution is -2.27. The molecule has 0 aliphatic carbocycles. The summed E-state index contributed by atoms with van der Waals surface area (Å²) in [6.07, 6.45) is 3.15. The Morgan fingerprint density at radius 2 is 2.00 bits per heavy atom. The van der Waals surface area contributed by atoms with Crippen LogP contribution >= 0.6 is 0 Å². The van der Waals surface area contributed by atoms with Gasteiger partial charge in [0.2, 0.25) is 0 Å². The van der Waals surface area contributed by atoms with Gasteiger partial charge in [0.15, 0.2) is 6.29 Å². The molecule has 4 nitrogen and oxygen atoms in total. The van der Waals surface area contributed by atoms with Crippen molar-refractivity contribution in [2.24, 2.45) is 5.92 Å². The van der Waals surface area contributed by atoms with Gasteiger partial charge in [-0.2, -0.15) is 0 Å². The van der Waals surface area contributed by atoms with Crippen molar-refractivity contribution in [3.05, 3.63) is 35.1 Å². The van der Waals surface area contributed by atoms with E-state index in [2.05, 4.69) is 6.92 Å². The summed E-state index contributed by atoms with van der Waals surface area (Å²) in [6, 6.07) is 4.28. The van der Waals surface area contributed by atoms with E-state index in [9.17, 15) is 9.18 Å². The Bertz CT molecular complexity index is 510. The number of carbonyl (C=O) groups excluding carboxylic acids is 1. The number of esters is 1. The number of ether oxygens (including phenoxy) is 3. The zero-order valence-corrected chi connectivity index (χ0v) is 13.8. The van der Waals surface area contributed by atoms with Crippen LogP contribution in [0.4, 0.5) is 4.39 Å². The Balaban J connectivity index is 1.96. The summed E-state index contributed by atoms with van der Waals surface area (Å²) in [5.41, 5.74) is 0.534. The number of benzene rings is 1. The van der Waals surface area contributed by atoms with Crippen molar-refractivity contribution in [2.45, 2.75) is 45.8 Å². The summed E-state index contributed by atoms with van der Waals surface area (Å²) in [6.45, 7) is 5.62. The second-order valence-electron chi connectivity index (χ2n) is 5.88. The highest BCUT2D eigenvalue weighted by atomic mass is 19.1. The SMILES string of the molecule is CCCCOC(=O)c1ccc(C2OCC(CCC)CO2)c(F)c1. The monoisotopic (exact) mass is 324 g/mol. The molecule has 1 aliphatic heterocycles. The Hall–Kier alpha value is -1.46. The molecule has 2 rings (SSSR count). The van der Waals surface area contributed by atoms with Crippen molar-refractivity contribution >= 4 is 5.97 Å². The Morgan fingerprint density at radius 3 is 2.61 bits per heavy atom. The Kier molecular flexibility index (Phi) is 6.99. The van der Waals surface area contributed by atoms with E-state index in [-0.39, 0.29) is 5.56 Å². The molecule has 1 heterocycles. The molecule has 0 aromatic heterocycles. The first kappa shape index (κ1) is 17.9. The molecule has 1 aliphatic rings. The summed E-state index contributed by atoms with van der Waals surface area (Å²) < 4.78 is 30.6. The minimum Gasteiger partial charge on any atom is -0.462 e. The first-order chi connectivity index (χ1) is 11.2. The van der Waals surface area contributed by atoms with Gasteiger partial charge in [0.05, 0.1) is 25.4 Å². The third-order valence-corrected chi connectivity index (χ3v) is 3.88. The van der Waals surface area contributed by atoms with Crippen LogP contribution in [0, 0.1) is 11.7 Å². The van der Waals surface area contributed by atoms with E-state index in [1.807, 2.05) is 6.92 Å². The van der Waals surface area contributed by atoms with Crippen molar-refractivity contribution in [3.8, 4) is 0 Å². The maximum atomic E-state index is 14.3. The van der Waals surface area contributed by atoms with Gasteiger partial charge >= 0.3 is 5.97 Å². The molecule has 1 fully saturated rings. The van der Waals surface area contributed by atoms with Crippen LogP contribution in [0.15, 0.2) is 18.2 Å². The van der Waals surface area contributed by atoms with E-state index < -0.39 is 18.1 Å². The lowest BCUT2D eigenvalue weighted by atomic mass is 10.0. The van der Waals surface area contributed by atoms with E-state index in [0.717, 1.165) is 25.7 Å². The van der Waals surface area contributed by atoms with Crippen LogP contribution in [0.3, 0.4) is 0 Å². The van der Waals surface area contributed by atoms with Crippen LogP contribution in [0.5, 0.6) is 0 Å². The van der Waals surface area contributed by atoms with Gasteiger partial charge in [-0.05, 0) is 25.0 Å². The van der Waals surface area contributed by atoms with Crippen LogP contribution in [0.25, 0.3) is 0 Å². The fourth-order valence-electron chi connectivity index (χ4n) is 2.54. The summed E-state index contributed by atoms with van der Waals surface area (Å²) in [7, 11) is 0. The fraction of sp³-hybridized carbons (Fsp3) is 0.611. The van der Waals surface area contributed by atoms with Gasteiger partial charge in [0.1, 0.15) is 5.82 Å². The van der Waals surface area contributed by atoms with Gasteiger partial charge < -0.3 is 14.2 Å². The number of carbonyl (C=O) groups is 1. The molecule has 23 heavy (non-hydrogen) atoms. The molecule has 0 bridgehead atoms. The summed E-state index contributed by atoms with van der Waals surface area (Å²) >= 11 is 0. The average Bonchev–Trinajstić information content (AvgIpc) is 2.56. The van der Waals surface area contributed by atoms with E-state index in [1.54, 1.807) is 6.07 Å². The van der Waals surface area contributed by atoms with Gasteiger partial charge in [-0.3, -0.25) is 0 Å². The first-order valence-corrected chi connectivity index (χ1v) is 8.35. The fourth-order valence-corrected chi connectivity index (χ4v) is 2.54. The summed E-state index contributed by atoms with van der Waals surface area (Å²) in [5, 5.41) is 0. The minimum atomic E-state index is -0.701.